The van der Waals surface area contributed by atoms with E-state index in [0.29, 0.717) is 11.9 Å². The Hall–Kier alpha value is -1.88. The molecule has 3 saturated heterocycles. The van der Waals surface area contributed by atoms with E-state index < -0.39 is 0 Å². The van der Waals surface area contributed by atoms with Gasteiger partial charge in [-0.2, -0.15) is 0 Å². The Morgan fingerprint density at radius 3 is 2.80 bits per heavy atom. The maximum Gasteiger partial charge on any atom is 0.132 e. The normalized spacial score (nSPS) is 28.7. The van der Waals surface area contributed by atoms with Gasteiger partial charge in [0.25, 0.3) is 0 Å². The van der Waals surface area contributed by atoms with Gasteiger partial charge in [-0.3, -0.25) is 0 Å². The van der Waals surface area contributed by atoms with Crippen molar-refractivity contribution < 1.29 is 0 Å². The first kappa shape index (κ1) is 11.9. The molecule has 20 heavy (non-hydrogen) atoms. The molecule has 3 aliphatic heterocycles. The first-order valence-corrected chi connectivity index (χ1v) is 7.28. The maximum atomic E-state index is 6.02. The van der Waals surface area contributed by atoms with Gasteiger partial charge in [0, 0.05) is 18.3 Å². The Morgan fingerprint density at radius 1 is 1.25 bits per heavy atom. The number of fused-ring (bicyclic) bond motifs is 3. The molecular weight excluding hydrogens is 250 g/mol. The standard InChI is InChI=1S/C15H19N5/c16-15-12(2-1-5-18-15)13-8-17-10-20(13)14-9-19-6-3-11(14)4-7-19/h1-2,5,8,10-11,14H,3-4,6-7,9H2,(H2,16,18). The van der Waals surface area contributed by atoms with E-state index in [1.54, 1.807) is 6.20 Å². The van der Waals surface area contributed by atoms with E-state index in [2.05, 4.69) is 19.4 Å². The molecule has 2 aromatic heterocycles. The van der Waals surface area contributed by atoms with Crippen LogP contribution in [0.4, 0.5) is 5.82 Å². The molecule has 0 saturated carbocycles. The van der Waals surface area contributed by atoms with Crippen LogP contribution in [-0.4, -0.2) is 39.1 Å². The maximum absolute atomic E-state index is 6.02. The number of aromatic nitrogens is 3. The average molecular weight is 269 g/mol. The van der Waals surface area contributed by atoms with Crippen LogP contribution in [0.1, 0.15) is 18.9 Å². The highest BCUT2D eigenvalue weighted by Gasteiger charge is 2.35. The van der Waals surface area contributed by atoms with Gasteiger partial charge in [0.2, 0.25) is 0 Å². The number of anilines is 1. The van der Waals surface area contributed by atoms with Crippen LogP contribution < -0.4 is 5.73 Å². The molecule has 5 nitrogen and oxygen atoms in total. The summed E-state index contributed by atoms with van der Waals surface area (Å²) in [7, 11) is 0. The molecule has 3 fully saturated rings. The quantitative estimate of drug-likeness (QED) is 0.903. The minimum Gasteiger partial charge on any atom is -0.383 e. The summed E-state index contributed by atoms with van der Waals surface area (Å²) in [6, 6.07) is 4.48. The molecule has 5 rings (SSSR count). The van der Waals surface area contributed by atoms with Crippen molar-refractivity contribution in [1.82, 2.24) is 19.4 Å². The highest BCUT2D eigenvalue weighted by atomic mass is 15.2. The summed E-state index contributed by atoms with van der Waals surface area (Å²) in [6.45, 7) is 3.63. The lowest BCUT2D eigenvalue weighted by atomic mass is 9.83. The Balaban J connectivity index is 1.74. The van der Waals surface area contributed by atoms with Crippen LogP contribution in [0.25, 0.3) is 11.3 Å². The number of nitrogens with zero attached hydrogens (tertiary/aromatic N) is 4. The fourth-order valence-corrected chi connectivity index (χ4v) is 3.66. The van der Waals surface area contributed by atoms with Crippen molar-refractivity contribution in [3.05, 3.63) is 30.9 Å². The van der Waals surface area contributed by atoms with Crippen LogP contribution in [0.5, 0.6) is 0 Å². The minimum absolute atomic E-state index is 0.523. The molecule has 104 valence electrons. The molecule has 2 N–H and O–H groups in total. The zero-order valence-corrected chi connectivity index (χ0v) is 11.4. The van der Waals surface area contributed by atoms with E-state index in [1.807, 2.05) is 24.7 Å². The number of piperidine rings is 3. The summed E-state index contributed by atoms with van der Waals surface area (Å²) in [6.07, 6.45) is 8.18. The van der Waals surface area contributed by atoms with Gasteiger partial charge >= 0.3 is 0 Å². The van der Waals surface area contributed by atoms with Gasteiger partial charge < -0.3 is 15.2 Å². The second kappa shape index (κ2) is 4.59. The lowest BCUT2D eigenvalue weighted by Crippen LogP contribution is -2.48. The fraction of sp³-hybridized carbons (Fsp3) is 0.467. The average Bonchev–Trinajstić information content (AvgIpc) is 2.98. The predicted molar refractivity (Wildman–Crippen MR) is 78.1 cm³/mol. The number of nitrogens with two attached hydrogens (primary N) is 1. The van der Waals surface area contributed by atoms with Crippen LogP contribution in [0.3, 0.4) is 0 Å². The van der Waals surface area contributed by atoms with E-state index in [-0.39, 0.29) is 0 Å². The molecule has 2 aromatic rings. The van der Waals surface area contributed by atoms with Crippen molar-refractivity contribution in [2.75, 3.05) is 25.4 Å². The molecule has 0 aliphatic carbocycles. The van der Waals surface area contributed by atoms with Crippen LogP contribution >= 0.6 is 0 Å². The lowest BCUT2D eigenvalue weighted by molar-refractivity contribution is 0.0577. The van der Waals surface area contributed by atoms with Crippen molar-refractivity contribution in [3.8, 4) is 11.3 Å². The summed E-state index contributed by atoms with van der Waals surface area (Å²) in [5, 5.41) is 0. The zero-order valence-electron chi connectivity index (χ0n) is 11.4. The van der Waals surface area contributed by atoms with Crippen LogP contribution in [0, 0.1) is 5.92 Å². The topological polar surface area (TPSA) is 60.0 Å². The SMILES string of the molecule is Nc1ncccc1-c1cncn1C1CN2CCC1CC2. The first-order valence-electron chi connectivity index (χ1n) is 7.28. The van der Waals surface area contributed by atoms with Gasteiger partial charge in [-0.1, -0.05) is 0 Å². The Labute approximate surface area is 118 Å². The van der Waals surface area contributed by atoms with Gasteiger partial charge in [-0.25, -0.2) is 9.97 Å². The second-order valence-corrected chi connectivity index (χ2v) is 5.83. The molecule has 5 heteroatoms. The van der Waals surface area contributed by atoms with Crippen molar-refractivity contribution in [1.29, 1.82) is 0 Å². The third kappa shape index (κ3) is 1.81. The Kier molecular flexibility index (Phi) is 2.73. The molecule has 1 unspecified atom stereocenters. The number of rotatable bonds is 2. The van der Waals surface area contributed by atoms with E-state index in [4.69, 9.17) is 5.73 Å². The molecule has 0 spiro atoms. The van der Waals surface area contributed by atoms with E-state index in [1.165, 1.54) is 25.9 Å². The molecule has 0 radical (unpaired) electrons. The van der Waals surface area contributed by atoms with Gasteiger partial charge in [0.05, 0.1) is 24.3 Å². The van der Waals surface area contributed by atoms with Crippen molar-refractivity contribution >= 4 is 5.82 Å². The van der Waals surface area contributed by atoms with Gasteiger partial charge in [-0.05, 0) is 44.0 Å². The largest absolute Gasteiger partial charge is 0.383 e. The Morgan fingerprint density at radius 2 is 2.10 bits per heavy atom. The molecule has 2 bridgehead atoms. The summed E-state index contributed by atoms with van der Waals surface area (Å²) in [5.74, 6) is 1.35. The molecule has 5 heterocycles. The number of imidazole rings is 1. The number of hydrogen-bond acceptors (Lipinski definition) is 4. The first-order chi connectivity index (χ1) is 9.83. The highest BCUT2D eigenvalue weighted by molar-refractivity contribution is 5.70. The molecular formula is C15H19N5. The molecule has 1 atom stereocenters. The van der Waals surface area contributed by atoms with Crippen molar-refractivity contribution in [2.24, 2.45) is 5.92 Å². The zero-order chi connectivity index (χ0) is 13.5. The van der Waals surface area contributed by atoms with E-state index in [0.717, 1.165) is 23.7 Å². The number of pyridine rings is 1. The highest BCUT2D eigenvalue weighted by Crippen LogP contribution is 2.38. The fourth-order valence-electron chi connectivity index (χ4n) is 3.66. The second-order valence-electron chi connectivity index (χ2n) is 5.83. The molecule has 3 aliphatic rings. The summed E-state index contributed by atoms with van der Waals surface area (Å²) < 4.78 is 2.31. The van der Waals surface area contributed by atoms with Crippen molar-refractivity contribution in [2.45, 2.75) is 18.9 Å². The van der Waals surface area contributed by atoms with Gasteiger partial charge in [0.15, 0.2) is 0 Å². The summed E-state index contributed by atoms with van der Waals surface area (Å²) in [4.78, 5) is 11.1. The van der Waals surface area contributed by atoms with E-state index in [9.17, 15) is 0 Å². The third-order valence-electron chi connectivity index (χ3n) is 4.76. The van der Waals surface area contributed by atoms with Gasteiger partial charge in [-0.15, -0.1) is 0 Å². The van der Waals surface area contributed by atoms with Crippen LogP contribution in [0.2, 0.25) is 0 Å². The summed E-state index contributed by atoms with van der Waals surface area (Å²) in [5.41, 5.74) is 8.10. The lowest BCUT2D eigenvalue weighted by Gasteiger charge is -2.45. The van der Waals surface area contributed by atoms with E-state index >= 15 is 0 Å². The third-order valence-corrected chi connectivity index (χ3v) is 4.76. The molecule has 0 aromatic carbocycles. The monoisotopic (exact) mass is 269 g/mol. The van der Waals surface area contributed by atoms with Gasteiger partial charge in [0.1, 0.15) is 5.82 Å². The summed E-state index contributed by atoms with van der Waals surface area (Å²) >= 11 is 0. The number of hydrogen-bond donors (Lipinski definition) is 1. The smallest absolute Gasteiger partial charge is 0.132 e. The molecule has 0 amide bonds. The van der Waals surface area contributed by atoms with Crippen molar-refractivity contribution in [3.63, 3.8) is 0 Å². The van der Waals surface area contributed by atoms with Crippen LogP contribution in [-0.2, 0) is 0 Å². The predicted octanol–water partition coefficient (Wildman–Crippen LogP) is 1.79. The Bertz CT molecular complexity index is 612. The minimum atomic E-state index is 0.523. The number of nitrogen functional groups attached to an aromatic ring is 1. The van der Waals surface area contributed by atoms with Crippen LogP contribution in [0.15, 0.2) is 30.9 Å².